The first-order chi connectivity index (χ1) is 14.3. The van der Waals surface area contributed by atoms with Gasteiger partial charge in [-0.25, -0.2) is 9.48 Å². The molecule has 156 valence electrons. The molecule has 0 aliphatic rings. The quantitative estimate of drug-likeness (QED) is 0.354. The van der Waals surface area contributed by atoms with Gasteiger partial charge in [0.25, 0.3) is 11.6 Å². The summed E-state index contributed by atoms with van der Waals surface area (Å²) in [4.78, 5) is 35.2. The van der Waals surface area contributed by atoms with E-state index >= 15 is 0 Å². The first-order valence-corrected chi connectivity index (χ1v) is 9.01. The summed E-state index contributed by atoms with van der Waals surface area (Å²) < 4.78 is 12.0. The maximum Gasteiger partial charge on any atom is 0.338 e. The lowest BCUT2D eigenvalue weighted by Crippen LogP contribution is -2.30. The molecule has 0 aliphatic heterocycles. The number of amides is 1. The Morgan fingerprint density at radius 1 is 1.27 bits per heavy atom. The second-order valence-corrected chi connectivity index (χ2v) is 6.29. The molecule has 1 heterocycles. The summed E-state index contributed by atoms with van der Waals surface area (Å²) in [5.41, 5.74) is 1.40. The molecule has 0 bridgehead atoms. The molecular formula is C19H19N5O6. The molecule has 11 heteroatoms. The Balaban J connectivity index is 1.72. The smallest absolute Gasteiger partial charge is 0.338 e. The lowest BCUT2D eigenvalue weighted by molar-refractivity contribution is -0.384. The standard InChI is InChI=1S/C19H19N5O6/c1-4-23-16-7-5-12(9-14(16)21-22-23)19(26)30-11(2)18(25)20-15-10-13(24(27)28)6-8-17(15)29-3/h5-11H,4H2,1-3H3,(H,20,25)/t11-/m0/s1. The summed E-state index contributed by atoms with van der Waals surface area (Å²) in [6.45, 7) is 3.95. The second-order valence-electron chi connectivity index (χ2n) is 6.29. The van der Waals surface area contributed by atoms with Crippen molar-refractivity contribution in [2.24, 2.45) is 0 Å². The van der Waals surface area contributed by atoms with E-state index in [-0.39, 0.29) is 22.7 Å². The summed E-state index contributed by atoms with van der Waals surface area (Å²) in [7, 11) is 1.37. The van der Waals surface area contributed by atoms with Crippen molar-refractivity contribution in [2.75, 3.05) is 12.4 Å². The minimum absolute atomic E-state index is 0.0946. The van der Waals surface area contributed by atoms with E-state index < -0.39 is 22.9 Å². The number of aryl methyl sites for hydroxylation is 1. The van der Waals surface area contributed by atoms with Crippen LogP contribution in [0.3, 0.4) is 0 Å². The number of methoxy groups -OCH3 is 1. The lowest BCUT2D eigenvalue weighted by atomic mass is 10.2. The number of hydrogen-bond acceptors (Lipinski definition) is 8. The molecule has 0 aliphatic carbocycles. The molecule has 3 rings (SSSR count). The molecule has 3 aromatic rings. The van der Waals surface area contributed by atoms with Crippen LogP contribution >= 0.6 is 0 Å². The number of esters is 1. The third-order valence-electron chi connectivity index (χ3n) is 4.35. The van der Waals surface area contributed by atoms with Crippen LogP contribution < -0.4 is 10.1 Å². The van der Waals surface area contributed by atoms with Crippen LogP contribution in [0.1, 0.15) is 24.2 Å². The van der Waals surface area contributed by atoms with Gasteiger partial charge in [-0.15, -0.1) is 5.10 Å². The third kappa shape index (κ3) is 4.19. The van der Waals surface area contributed by atoms with Crippen molar-refractivity contribution in [3.8, 4) is 5.75 Å². The van der Waals surface area contributed by atoms with Gasteiger partial charge in [0.1, 0.15) is 11.3 Å². The summed E-state index contributed by atoms with van der Waals surface area (Å²) in [5.74, 6) is -1.14. The number of carbonyl (C=O) groups excluding carboxylic acids is 2. The van der Waals surface area contributed by atoms with Crippen molar-refractivity contribution < 1.29 is 24.0 Å². The van der Waals surface area contributed by atoms with Crippen molar-refractivity contribution in [2.45, 2.75) is 26.5 Å². The number of aromatic nitrogens is 3. The van der Waals surface area contributed by atoms with Crippen LogP contribution in [0.5, 0.6) is 5.75 Å². The van der Waals surface area contributed by atoms with Gasteiger partial charge in [-0.05, 0) is 38.1 Å². The Hall–Kier alpha value is -4.02. The maximum atomic E-state index is 12.4. The number of rotatable bonds is 7. The highest BCUT2D eigenvalue weighted by Gasteiger charge is 2.22. The molecule has 0 saturated carbocycles. The van der Waals surface area contributed by atoms with Gasteiger partial charge in [-0.2, -0.15) is 0 Å². The third-order valence-corrected chi connectivity index (χ3v) is 4.35. The second kappa shape index (κ2) is 8.55. The molecule has 1 aromatic heterocycles. The summed E-state index contributed by atoms with van der Waals surface area (Å²) in [6.07, 6.45) is -1.16. The Morgan fingerprint density at radius 3 is 2.70 bits per heavy atom. The van der Waals surface area contributed by atoms with E-state index in [1.165, 1.54) is 32.2 Å². The van der Waals surface area contributed by atoms with Crippen LogP contribution in [0.15, 0.2) is 36.4 Å². The fourth-order valence-corrected chi connectivity index (χ4v) is 2.76. The van der Waals surface area contributed by atoms with E-state index in [2.05, 4.69) is 15.6 Å². The number of hydrogen-bond donors (Lipinski definition) is 1. The molecule has 11 nitrogen and oxygen atoms in total. The number of nitrogens with one attached hydrogen (secondary N) is 1. The highest BCUT2D eigenvalue weighted by Crippen LogP contribution is 2.29. The Morgan fingerprint density at radius 2 is 2.03 bits per heavy atom. The van der Waals surface area contributed by atoms with Crippen LogP contribution in [0.25, 0.3) is 11.0 Å². The molecule has 0 saturated heterocycles. The Bertz CT molecular complexity index is 1130. The number of ether oxygens (including phenoxy) is 2. The van der Waals surface area contributed by atoms with Gasteiger partial charge in [-0.1, -0.05) is 5.21 Å². The zero-order chi connectivity index (χ0) is 21.8. The van der Waals surface area contributed by atoms with Gasteiger partial charge in [0.15, 0.2) is 6.10 Å². The van der Waals surface area contributed by atoms with Crippen LogP contribution in [-0.4, -0.2) is 45.0 Å². The molecule has 2 aromatic carbocycles. The summed E-state index contributed by atoms with van der Waals surface area (Å²) in [5, 5.41) is 21.4. The Labute approximate surface area is 170 Å². The van der Waals surface area contributed by atoms with E-state index in [0.29, 0.717) is 12.1 Å². The number of anilines is 1. The molecule has 1 atom stereocenters. The van der Waals surface area contributed by atoms with Crippen LogP contribution in [-0.2, 0) is 16.1 Å². The minimum atomic E-state index is -1.16. The number of nitro benzene ring substituents is 1. The normalized spacial score (nSPS) is 11.7. The number of fused-ring (bicyclic) bond motifs is 1. The molecule has 0 radical (unpaired) electrons. The van der Waals surface area contributed by atoms with Gasteiger partial charge in [0.05, 0.1) is 28.8 Å². The zero-order valence-corrected chi connectivity index (χ0v) is 16.5. The SMILES string of the molecule is CCn1nnc2cc(C(=O)O[C@@H](C)C(=O)Nc3cc([N+](=O)[O-])ccc3OC)ccc21. The first-order valence-electron chi connectivity index (χ1n) is 9.01. The first kappa shape index (κ1) is 20.7. The van der Waals surface area contributed by atoms with E-state index in [0.717, 1.165) is 11.6 Å². The van der Waals surface area contributed by atoms with Crippen molar-refractivity contribution in [1.29, 1.82) is 0 Å². The Kier molecular flexibility index (Phi) is 5.90. The predicted molar refractivity (Wildman–Crippen MR) is 106 cm³/mol. The molecule has 0 unspecified atom stereocenters. The van der Waals surface area contributed by atoms with Gasteiger partial charge < -0.3 is 14.8 Å². The number of carbonyl (C=O) groups is 2. The summed E-state index contributed by atoms with van der Waals surface area (Å²) >= 11 is 0. The van der Waals surface area contributed by atoms with Gasteiger partial charge in [0, 0.05) is 18.7 Å². The zero-order valence-electron chi connectivity index (χ0n) is 16.5. The minimum Gasteiger partial charge on any atom is -0.495 e. The topological polar surface area (TPSA) is 138 Å². The molecular weight excluding hydrogens is 394 g/mol. The highest BCUT2D eigenvalue weighted by atomic mass is 16.6. The van der Waals surface area contributed by atoms with Crippen LogP contribution in [0.4, 0.5) is 11.4 Å². The average molecular weight is 413 g/mol. The molecule has 1 N–H and O–H groups in total. The van der Waals surface area contributed by atoms with Gasteiger partial charge in [0.2, 0.25) is 0 Å². The fourth-order valence-electron chi connectivity index (χ4n) is 2.76. The van der Waals surface area contributed by atoms with Crippen LogP contribution in [0, 0.1) is 10.1 Å². The molecule has 30 heavy (non-hydrogen) atoms. The molecule has 0 spiro atoms. The van der Waals surface area contributed by atoms with Crippen molar-refractivity contribution >= 4 is 34.3 Å². The number of nitrogens with zero attached hydrogens (tertiary/aromatic N) is 4. The van der Waals surface area contributed by atoms with Gasteiger partial charge >= 0.3 is 5.97 Å². The highest BCUT2D eigenvalue weighted by molar-refractivity contribution is 5.99. The van der Waals surface area contributed by atoms with E-state index in [9.17, 15) is 19.7 Å². The largest absolute Gasteiger partial charge is 0.495 e. The van der Waals surface area contributed by atoms with E-state index in [4.69, 9.17) is 9.47 Å². The van der Waals surface area contributed by atoms with Crippen LogP contribution in [0.2, 0.25) is 0 Å². The molecule has 0 fully saturated rings. The maximum absolute atomic E-state index is 12.4. The number of non-ortho nitro benzene ring substituents is 1. The number of nitro groups is 1. The van der Waals surface area contributed by atoms with Crippen molar-refractivity contribution in [3.63, 3.8) is 0 Å². The molecule has 1 amide bonds. The van der Waals surface area contributed by atoms with E-state index in [1.807, 2.05) is 6.92 Å². The fraction of sp³-hybridized carbons (Fsp3) is 0.263. The van der Waals surface area contributed by atoms with E-state index in [1.54, 1.807) is 16.8 Å². The van der Waals surface area contributed by atoms with Gasteiger partial charge in [-0.3, -0.25) is 14.9 Å². The average Bonchev–Trinajstić information content (AvgIpc) is 3.15. The van der Waals surface area contributed by atoms with Crippen molar-refractivity contribution in [1.82, 2.24) is 15.0 Å². The summed E-state index contributed by atoms with van der Waals surface area (Å²) in [6, 6.07) is 8.58. The lowest BCUT2D eigenvalue weighted by Gasteiger charge is -2.15. The monoisotopic (exact) mass is 413 g/mol. The van der Waals surface area contributed by atoms with Crippen molar-refractivity contribution in [3.05, 3.63) is 52.1 Å². The predicted octanol–water partition coefficient (Wildman–Crippen LogP) is 2.55. The number of benzene rings is 2.